The molecule has 8 nitrogen and oxygen atoms in total. The second kappa shape index (κ2) is 11.7. The van der Waals surface area contributed by atoms with E-state index in [9.17, 15) is 9.59 Å². The Hall–Kier alpha value is -4.56. The van der Waals surface area contributed by atoms with E-state index in [1.54, 1.807) is 22.9 Å². The van der Waals surface area contributed by atoms with E-state index in [4.69, 9.17) is 4.74 Å². The highest BCUT2D eigenvalue weighted by atomic mass is 16.5. The van der Waals surface area contributed by atoms with Gasteiger partial charge in [0.2, 0.25) is 0 Å². The van der Waals surface area contributed by atoms with Crippen molar-refractivity contribution in [1.82, 2.24) is 25.1 Å². The molecule has 3 heterocycles. The van der Waals surface area contributed by atoms with Crippen molar-refractivity contribution in [2.24, 2.45) is 0 Å². The smallest absolute Gasteiger partial charge is 0.307 e. The highest BCUT2D eigenvalue weighted by molar-refractivity contribution is 5.82. The number of benzene rings is 2. The van der Waals surface area contributed by atoms with Gasteiger partial charge in [-0.15, -0.1) is 0 Å². The minimum atomic E-state index is -0.313. The number of methoxy groups -OCH3 is 1. The molecule has 0 bridgehead atoms. The number of fused-ring (bicyclic) bond motifs is 1. The molecule has 2 aromatic carbocycles. The summed E-state index contributed by atoms with van der Waals surface area (Å²) in [6.45, 7) is 1.06. The first-order chi connectivity index (χ1) is 18.6. The van der Waals surface area contributed by atoms with Gasteiger partial charge in [0.25, 0.3) is 5.56 Å². The summed E-state index contributed by atoms with van der Waals surface area (Å²) >= 11 is 0. The fourth-order valence-corrected chi connectivity index (χ4v) is 4.53. The molecule has 2 N–H and O–H groups in total. The van der Waals surface area contributed by atoms with Crippen LogP contribution in [0.15, 0.2) is 96.2 Å². The number of carbonyl (C=O) groups excluding carboxylic acids is 1. The van der Waals surface area contributed by atoms with E-state index in [0.29, 0.717) is 13.1 Å². The average Bonchev–Trinajstić information content (AvgIpc) is 3.37. The number of para-hydroxylation sites is 1. The molecule has 192 valence electrons. The lowest BCUT2D eigenvalue weighted by Gasteiger charge is -2.16. The maximum absolute atomic E-state index is 12.1. The highest BCUT2D eigenvalue weighted by Crippen LogP contribution is 2.25. The fourth-order valence-electron chi connectivity index (χ4n) is 4.53. The summed E-state index contributed by atoms with van der Waals surface area (Å²) in [5.41, 5.74) is 6.02. The number of rotatable bonds is 10. The quantitative estimate of drug-likeness (QED) is 0.275. The first-order valence-electron chi connectivity index (χ1n) is 12.5. The van der Waals surface area contributed by atoms with Crippen LogP contribution >= 0.6 is 0 Å². The molecule has 5 rings (SSSR count). The van der Waals surface area contributed by atoms with Crippen molar-refractivity contribution in [2.75, 3.05) is 7.11 Å². The van der Waals surface area contributed by atoms with Crippen LogP contribution in [0, 0.1) is 0 Å². The van der Waals surface area contributed by atoms with E-state index in [-0.39, 0.29) is 24.0 Å². The standard InChI is InChI=1S/C30H29N5O3/c1-38-29(37)16-27(30-25-6-2-3-7-26(25)33-34-30)32-19-24-15-23(17-31-18-24)14-21-9-11-22(12-10-21)20-35-13-5-4-8-28(35)36/h2-13,15,17-18,27,32H,14,16,19-20H2,1H3,(H,33,34). The topological polar surface area (TPSA) is 102 Å². The van der Waals surface area contributed by atoms with Gasteiger partial charge in [0, 0.05) is 36.6 Å². The molecule has 8 heteroatoms. The molecule has 0 aliphatic carbocycles. The number of aromatic amines is 1. The zero-order valence-corrected chi connectivity index (χ0v) is 21.1. The van der Waals surface area contributed by atoms with Crippen LogP contribution < -0.4 is 10.9 Å². The van der Waals surface area contributed by atoms with Crippen molar-refractivity contribution in [3.63, 3.8) is 0 Å². The van der Waals surface area contributed by atoms with Crippen LogP contribution in [0.5, 0.6) is 0 Å². The fraction of sp³-hybridized carbons (Fsp3) is 0.200. The van der Waals surface area contributed by atoms with Crippen molar-refractivity contribution in [3.05, 3.63) is 130 Å². The summed E-state index contributed by atoms with van der Waals surface area (Å²) in [5, 5.41) is 12.0. The molecule has 3 aromatic heterocycles. The van der Waals surface area contributed by atoms with Gasteiger partial charge in [0.15, 0.2) is 0 Å². The van der Waals surface area contributed by atoms with Gasteiger partial charge in [-0.25, -0.2) is 0 Å². The van der Waals surface area contributed by atoms with Gasteiger partial charge in [-0.05, 0) is 40.8 Å². The molecular formula is C30H29N5O3. The first-order valence-corrected chi connectivity index (χ1v) is 12.5. The van der Waals surface area contributed by atoms with Crippen molar-refractivity contribution < 1.29 is 9.53 Å². The molecule has 0 aliphatic heterocycles. The normalized spacial score (nSPS) is 11.9. The highest BCUT2D eigenvalue weighted by Gasteiger charge is 2.21. The van der Waals surface area contributed by atoms with Gasteiger partial charge in [-0.1, -0.05) is 54.6 Å². The molecule has 5 aromatic rings. The zero-order valence-electron chi connectivity index (χ0n) is 21.1. The number of H-pyrrole nitrogens is 1. The maximum atomic E-state index is 12.1. The Morgan fingerprint density at radius 3 is 2.55 bits per heavy atom. The lowest BCUT2D eigenvalue weighted by molar-refractivity contribution is -0.141. The van der Waals surface area contributed by atoms with Crippen LogP contribution in [-0.2, 0) is 29.0 Å². The molecule has 0 radical (unpaired) electrons. The Morgan fingerprint density at radius 1 is 0.974 bits per heavy atom. The SMILES string of the molecule is COC(=O)CC(NCc1cncc(Cc2ccc(Cn3ccccc3=O)cc2)c1)c1n[nH]c2ccccc12. The van der Waals surface area contributed by atoms with E-state index in [2.05, 4.69) is 50.8 Å². The predicted molar refractivity (Wildman–Crippen MR) is 146 cm³/mol. The molecule has 0 spiro atoms. The minimum Gasteiger partial charge on any atom is -0.469 e. The summed E-state index contributed by atoms with van der Waals surface area (Å²) < 4.78 is 6.62. The van der Waals surface area contributed by atoms with Gasteiger partial charge in [0.1, 0.15) is 0 Å². The van der Waals surface area contributed by atoms with E-state index < -0.39 is 0 Å². The largest absolute Gasteiger partial charge is 0.469 e. The molecule has 0 amide bonds. The number of nitrogens with zero attached hydrogens (tertiary/aromatic N) is 3. The van der Waals surface area contributed by atoms with E-state index >= 15 is 0 Å². The summed E-state index contributed by atoms with van der Waals surface area (Å²) in [7, 11) is 1.39. The predicted octanol–water partition coefficient (Wildman–Crippen LogP) is 4.15. The number of hydrogen-bond acceptors (Lipinski definition) is 6. The number of ether oxygens (including phenoxy) is 1. The molecule has 0 aliphatic rings. The summed E-state index contributed by atoms with van der Waals surface area (Å²) in [6, 6.07) is 23.1. The Kier molecular flexibility index (Phi) is 7.70. The van der Waals surface area contributed by atoms with Gasteiger partial charge >= 0.3 is 5.97 Å². The molecular weight excluding hydrogens is 478 g/mol. The maximum Gasteiger partial charge on any atom is 0.307 e. The van der Waals surface area contributed by atoms with E-state index in [1.165, 1.54) is 7.11 Å². The van der Waals surface area contributed by atoms with Crippen LogP contribution in [0.25, 0.3) is 10.9 Å². The molecule has 0 saturated carbocycles. The number of pyridine rings is 2. The Bertz CT molecular complexity index is 1590. The first kappa shape index (κ1) is 25.1. The number of hydrogen-bond donors (Lipinski definition) is 2. The minimum absolute atomic E-state index is 0.0117. The van der Waals surface area contributed by atoms with Crippen molar-refractivity contribution >= 4 is 16.9 Å². The van der Waals surface area contributed by atoms with Crippen molar-refractivity contribution in [3.8, 4) is 0 Å². The summed E-state index contributed by atoms with van der Waals surface area (Å²) in [4.78, 5) is 28.6. The third kappa shape index (κ3) is 6.04. The second-order valence-corrected chi connectivity index (χ2v) is 9.23. The van der Waals surface area contributed by atoms with Crippen LogP contribution in [0.4, 0.5) is 0 Å². The number of esters is 1. The summed E-state index contributed by atoms with van der Waals surface area (Å²) in [5.74, 6) is -0.304. The second-order valence-electron chi connectivity index (χ2n) is 9.23. The molecule has 0 fully saturated rings. The molecule has 38 heavy (non-hydrogen) atoms. The van der Waals surface area contributed by atoms with E-state index in [0.717, 1.165) is 45.3 Å². The number of carbonyl (C=O) groups is 1. The molecule has 1 atom stereocenters. The number of nitrogens with one attached hydrogen (secondary N) is 2. The van der Waals surface area contributed by atoms with Crippen LogP contribution in [-0.4, -0.2) is 32.8 Å². The average molecular weight is 508 g/mol. The Morgan fingerprint density at radius 2 is 1.74 bits per heavy atom. The van der Waals surface area contributed by atoms with Gasteiger partial charge < -0.3 is 14.6 Å². The zero-order chi connectivity index (χ0) is 26.3. The van der Waals surface area contributed by atoms with Gasteiger partial charge in [-0.2, -0.15) is 5.10 Å². The number of aromatic nitrogens is 4. The van der Waals surface area contributed by atoms with Gasteiger partial charge in [0.05, 0.1) is 37.3 Å². The van der Waals surface area contributed by atoms with Crippen molar-refractivity contribution in [2.45, 2.75) is 32.0 Å². The lowest BCUT2D eigenvalue weighted by atomic mass is 10.0. The van der Waals surface area contributed by atoms with Crippen LogP contribution in [0.1, 0.15) is 40.4 Å². The van der Waals surface area contributed by atoms with Crippen LogP contribution in [0.2, 0.25) is 0 Å². The third-order valence-corrected chi connectivity index (χ3v) is 6.52. The summed E-state index contributed by atoms with van der Waals surface area (Å²) in [6.07, 6.45) is 6.40. The van der Waals surface area contributed by atoms with Crippen LogP contribution in [0.3, 0.4) is 0 Å². The molecule has 0 saturated heterocycles. The molecule has 1 unspecified atom stereocenters. The van der Waals surface area contributed by atoms with Crippen molar-refractivity contribution in [1.29, 1.82) is 0 Å². The van der Waals surface area contributed by atoms with Gasteiger partial charge in [-0.3, -0.25) is 19.7 Å². The Labute approximate surface area is 220 Å². The third-order valence-electron chi connectivity index (χ3n) is 6.52. The Balaban J connectivity index is 1.26. The van der Waals surface area contributed by atoms with E-state index in [1.807, 2.05) is 42.7 Å². The lowest BCUT2D eigenvalue weighted by Crippen LogP contribution is -2.25. The monoisotopic (exact) mass is 507 g/mol.